The number of aryl methyl sites for hydroxylation is 1. The van der Waals surface area contributed by atoms with Gasteiger partial charge < -0.3 is 9.15 Å². The normalized spacial score (nSPS) is 24.8. The maximum atomic E-state index is 11.4. The van der Waals surface area contributed by atoms with Gasteiger partial charge in [-0.25, -0.2) is 5.84 Å². The highest BCUT2D eigenvalue weighted by Crippen LogP contribution is 2.40. The number of hydrazine groups is 1. The maximum Gasteiger partial charge on any atom is 0.300 e. The van der Waals surface area contributed by atoms with Crippen molar-refractivity contribution in [2.24, 2.45) is 17.2 Å². The molecule has 5 heteroatoms. The lowest BCUT2D eigenvalue weighted by Gasteiger charge is -2.38. The summed E-state index contributed by atoms with van der Waals surface area (Å²) >= 11 is 0. The fourth-order valence-electron chi connectivity index (χ4n) is 3.44. The Bertz CT molecular complexity index is 508. The number of rotatable bonds is 4. The van der Waals surface area contributed by atoms with Gasteiger partial charge in [-0.05, 0) is 43.6 Å². The molecule has 1 aromatic heterocycles. The summed E-state index contributed by atoms with van der Waals surface area (Å²) in [4.78, 5) is 11.4. The zero-order valence-electron chi connectivity index (χ0n) is 13.4. The third kappa shape index (κ3) is 4.08. The molecule has 2 rings (SSSR count). The molecule has 0 saturated heterocycles. The molecule has 1 aliphatic carbocycles. The molecular weight excluding hydrogens is 268 g/mol. The SMILES string of the molecule is Cc1oc(C(=O)NN)cc1COC1CC(C)CC(C)(C)C1. The van der Waals surface area contributed by atoms with Gasteiger partial charge in [0, 0.05) is 5.56 Å². The van der Waals surface area contributed by atoms with Gasteiger partial charge in [0.25, 0.3) is 0 Å². The van der Waals surface area contributed by atoms with E-state index in [1.165, 1.54) is 6.42 Å². The first-order valence-electron chi connectivity index (χ1n) is 7.52. The van der Waals surface area contributed by atoms with E-state index in [9.17, 15) is 4.79 Å². The molecule has 21 heavy (non-hydrogen) atoms. The topological polar surface area (TPSA) is 77.5 Å². The Labute approximate surface area is 126 Å². The second kappa shape index (κ2) is 6.20. The molecule has 0 aromatic carbocycles. The van der Waals surface area contributed by atoms with Crippen molar-refractivity contribution in [1.82, 2.24) is 5.43 Å². The lowest BCUT2D eigenvalue weighted by Crippen LogP contribution is -2.32. The van der Waals surface area contributed by atoms with Crippen molar-refractivity contribution >= 4 is 5.91 Å². The Kier molecular flexibility index (Phi) is 4.74. The Morgan fingerprint density at radius 2 is 2.24 bits per heavy atom. The minimum absolute atomic E-state index is 0.228. The van der Waals surface area contributed by atoms with Gasteiger partial charge >= 0.3 is 5.91 Å². The molecule has 5 nitrogen and oxygen atoms in total. The zero-order valence-corrected chi connectivity index (χ0v) is 13.4. The summed E-state index contributed by atoms with van der Waals surface area (Å²) in [5.41, 5.74) is 3.31. The van der Waals surface area contributed by atoms with Crippen LogP contribution in [0.5, 0.6) is 0 Å². The van der Waals surface area contributed by atoms with Gasteiger partial charge in [0.05, 0.1) is 12.7 Å². The number of nitrogens with one attached hydrogen (secondary N) is 1. The largest absolute Gasteiger partial charge is 0.456 e. The van der Waals surface area contributed by atoms with Crippen molar-refractivity contribution in [3.05, 3.63) is 23.2 Å². The van der Waals surface area contributed by atoms with E-state index in [0.717, 1.165) is 18.4 Å². The van der Waals surface area contributed by atoms with Crippen LogP contribution in [0.25, 0.3) is 0 Å². The molecular formula is C16H26N2O3. The van der Waals surface area contributed by atoms with E-state index >= 15 is 0 Å². The molecule has 1 heterocycles. The van der Waals surface area contributed by atoms with Crippen molar-refractivity contribution in [3.63, 3.8) is 0 Å². The summed E-state index contributed by atoms with van der Waals surface area (Å²) in [6, 6.07) is 1.70. The van der Waals surface area contributed by atoms with Gasteiger partial charge in [-0.2, -0.15) is 0 Å². The number of nitrogen functional groups attached to an aromatic ring is 1. The quantitative estimate of drug-likeness (QED) is 0.508. The molecule has 0 radical (unpaired) electrons. The fourth-order valence-corrected chi connectivity index (χ4v) is 3.44. The lowest BCUT2D eigenvalue weighted by molar-refractivity contribution is -0.0319. The van der Waals surface area contributed by atoms with Gasteiger partial charge in [0.1, 0.15) is 5.76 Å². The number of furan rings is 1. The van der Waals surface area contributed by atoms with Crippen LogP contribution in [0, 0.1) is 18.3 Å². The second-order valence-electron chi connectivity index (χ2n) is 7.01. The van der Waals surface area contributed by atoms with E-state index < -0.39 is 5.91 Å². The van der Waals surface area contributed by atoms with E-state index in [1.54, 1.807) is 6.07 Å². The fraction of sp³-hybridized carbons (Fsp3) is 0.688. The van der Waals surface area contributed by atoms with Gasteiger partial charge in [-0.15, -0.1) is 0 Å². The molecule has 1 amide bonds. The van der Waals surface area contributed by atoms with Crippen molar-refractivity contribution < 1.29 is 13.9 Å². The Morgan fingerprint density at radius 1 is 1.52 bits per heavy atom. The molecule has 118 valence electrons. The van der Waals surface area contributed by atoms with E-state index in [-0.39, 0.29) is 11.9 Å². The highest BCUT2D eigenvalue weighted by atomic mass is 16.5. The molecule has 1 aromatic rings. The summed E-state index contributed by atoms with van der Waals surface area (Å²) in [5.74, 6) is 6.31. The average molecular weight is 294 g/mol. The highest BCUT2D eigenvalue weighted by Gasteiger charge is 2.32. The predicted octanol–water partition coefficient (Wildman–Crippen LogP) is 2.92. The number of hydrogen-bond acceptors (Lipinski definition) is 4. The number of nitrogens with two attached hydrogens (primary N) is 1. The molecule has 3 N–H and O–H groups in total. The minimum Gasteiger partial charge on any atom is -0.456 e. The van der Waals surface area contributed by atoms with Crippen LogP contribution < -0.4 is 11.3 Å². The van der Waals surface area contributed by atoms with Crippen LogP contribution in [0.15, 0.2) is 10.5 Å². The summed E-state index contributed by atoms with van der Waals surface area (Å²) in [5, 5.41) is 0. The Morgan fingerprint density at radius 3 is 2.86 bits per heavy atom. The van der Waals surface area contributed by atoms with Crippen molar-refractivity contribution in [1.29, 1.82) is 0 Å². The first-order chi connectivity index (χ1) is 9.80. The van der Waals surface area contributed by atoms with Crippen molar-refractivity contribution in [2.75, 3.05) is 0 Å². The summed E-state index contributed by atoms with van der Waals surface area (Å²) in [6.07, 6.45) is 3.68. The first-order valence-corrected chi connectivity index (χ1v) is 7.52. The smallest absolute Gasteiger partial charge is 0.300 e. The minimum atomic E-state index is -0.420. The molecule has 0 spiro atoms. The highest BCUT2D eigenvalue weighted by molar-refractivity contribution is 5.91. The molecule has 2 unspecified atom stereocenters. The Hall–Kier alpha value is -1.33. The zero-order chi connectivity index (χ0) is 15.6. The number of carbonyl (C=O) groups is 1. The van der Waals surface area contributed by atoms with Gasteiger partial charge in [0.2, 0.25) is 0 Å². The van der Waals surface area contributed by atoms with Crippen LogP contribution in [-0.4, -0.2) is 12.0 Å². The van der Waals surface area contributed by atoms with Gasteiger partial charge in [-0.3, -0.25) is 10.2 Å². The molecule has 1 aliphatic rings. The van der Waals surface area contributed by atoms with Gasteiger partial charge in [-0.1, -0.05) is 20.8 Å². The Balaban J connectivity index is 1.97. The van der Waals surface area contributed by atoms with Crippen LogP contribution in [0.4, 0.5) is 0 Å². The van der Waals surface area contributed by atoms with Crippen LogP contribution in [0.3, 0.4) is 0 Å². The average Bonchev–Trinajstić information content (AvgIpc) is 2.74. The van der Waals surface area contributed by atoms with Crippen LogP contribution in [-0.2, 0) is 11.3 Å². The molecule has 2 atom stereocenters. The first kappa shape index (κ1) is 16.0. The molecule has 1 fully saturated rings. The molecule has 1 saturated carbocycles. The summed E-state index contributed by atoms with van der Waals surface area (Å²) < 4.78 is 11.5. The summed E-state index contributed by atoms with van der Waals surface area (Å²) in [7, 11) is 0. The third-order valence-electron chi connectivity index (χ3n) is 4.20. The van der Waals surface area contributed by atoms with E-state index in [0.29, 0.717) is 23.7 Å². The third-order valence-corrected chi connectivity index (χ3v) is 4.20. The lowest BCUT2D eigenvalue weighted by atomic mass is 9.71. The van der Waals surface area contributed by atoms with Crippen LogP contribution in [0.1, 0.15) is 61.9 Å². The van der Waals surface area contributed by atoms with E-state index in [4.69, 9.17) is 15.0 Å². The number of hydrogen-bond donors (Lipinski definition) is 2. The van der Waals surface area contributed by atoms with E-state index in [2.05, 4.69) is 26.2 Å². The van der Waals surface area contributed by atoms with E-state index in [1.807, 2.05) is 6.92 Å². The maximum absolute atomic E-state index is 11.4. The van der Waals surface area contributed by atoms with Crippen LogP contribution >= 0.6 is 0 Å². The standard InChI is InChI=1S/C16H26N2O3/c1-10-5-13(8-16(3,4)7-10)20-9-12-6-14(15(19)18-17)21-11(12)2/h6,10,13H,5,7-9,17H2,1-4H3,(H,18,19). The van der Waals surface area contributed by atoms with Gasteiger partial charge in [0.15, 0.2) is 5.76 Å². The molecule has 0 aliphatic heterocycles. The monoisotopic (exact) mass is 294 g/mol. The summed E-state index contributed by atoms with van der Waals surface area (Å²) in [6.45, 7) is 9.18. The second-order valence-corrected chi connectivity index (χ2v) is 7.01. The van der Waals surface area contributed by atoms with Crippen molar-refractivity contribution in [3.8, 4) is 0 Å². The van der Waals surface area contributed by atoms with Crippen molar-refractivity contribution in [2.45, 2.75) is 59.7 Å². The van der Waals surface area contributed by atoms with Crippen LogP contribution in [0.2, 0.25) is 0 Å². The predicted molar refractivity (Wildman–Crippen MR) is 80.5 cm³/mol. The number of ether oxygens (including phenoxy) is 1. The molecule has 0 bridgehead atoms. The number of amides is 1. The number of carbonyl (C=O) groups excluding carboxylic acids is 1.